The number of hydrogen-bond donors (Lipinski definition) is 1. The van der Waals surface area contributed by atoms with E-state index in [0.717, 1.165) is 23.8 Å². The summed E-state index contributed by atoms with van der Waals surface area (Å²) in [7, 11) is 0. The van der Waals surface area contributed by atoms with Gasteiger partial charge < -0.3 is 9.84 Å². The number of halogens is 1. The first-order valence-corrected chi connectivity index (χ1v) is 8.43. The van der Waals surface area contributed by atoms with Crippen LogP contribution >= 0.6 is 22.9 Å². The van der Waals surface area contributed by atoms with Gasteiger partial charge >= 0.3 is 0 Å². The molecule has 1 aromatic carbocycles. The smallest absolute Gasteiger partial charge is 0.125 e. The second-order valence-corrected chi connectivity index (χ2v) is 7.41. The van der Waals surface area contributed by atoms with Crippen LogP contribution in [0, 0.1) is 5.41 Å². The number of rotatable bonds is 2. The van der Waals surface area contributed by atoms with Crippen molar-refractivity contribution in [2.45, 2.75) is 25.2 Å². The van der Waals surface area contributed by atoms with Crippen molar-refractivity contribution in [2.75, 3.05) is 13.2 Å². The molecule has 2 fully saturated rings. The maximum absolute atomic E-state index is 9.43. The molecule has 1 N–H and O–H groups in total. The second-order valence-electron chi connectivity index (χ2n) is 6.15. The number of phenols is 1. The van der Waals surface area contributed by atoms with Gasteiger partial charge in [0, 0.05) is 23.5 Å². The van der Waals surface area contributed by atoms with Crippen molar-refractivity contribution in [3.05, 3.63) is 34.3 Å². The van der Waals surface area contributed by atoms with Gasteiger partial charge in [0.1, 0.15) is 10.8 Å². The highest BCUT2D eigenvalue weighted by atomic mass is 35.5. The van der Waals surface area contributed by atoms with Crippen LogP contribution in [-0.4, -0.2) is 23.3 Å². The van der Waals surface area contributed by atoms with Crippen LogP contribution < -0.4 is 0 Å². The van der Waals surface area contributed by atoms with E-state index in [4.69, 9.17) is 21.3 Å². The summed E-state index contributed by atoms with van der Waals surface area (Å²) in [4.78, 5) is 4.76. The van der Waals surface area contributed by atoms with Gasteiger partial charge in [-0.15, -0.1) is 11.3 Å². The van der Waals surface area contributed by atoms with Gasteiger partial charge in [-0.05, 0) is 42.9 Å². The van der Waals surface area contributed by atoms with E-state index in [1.807, 2.05) is 6.07 Å². The van der Waals surface area contributed by atoms with E-state index >= 15 is 0 Å². The largest absolute Gasteiger partial charge is 0.508 e. The molecule has 5 heteroatoms. The molecular formula is C16H16ClNO2S. The van der Waals surface area contributed by atoms with Gasteiger partial charge in [-0.1, -0.05) is 11.6 Å². The number of hydrogen-bond acceptors (Lipinski definition) is 4. The molecule has 0 amide bonds. The van der Waals surface area contributed by atoms with Crippen molar-refractivity contribution >= 4 is 22.9 Å². The van der Waals surface area contributed by atoms with Gasteiger partial charge in [0.05, 0.1) is 17.3 Å². The monoisotopic (exact) mass is 321 g/mol. The highest BCUT2D eigenvalue weighted by Gasteiger charge is 2.47. The molecule has 1 aliphatic heterocycles. The zero-order valence-corrected chi connectivity index (χ0v) is 13.1. The molecule has 3 nitrogen and oxygen atoms in total. The fourth-order valence-corrected chi connectivity index (χ4v) is 4.70. The van der Waals surface area contributed by atoms with Crippen LogP contribution in [0.15, 0.2) is 23.6 Å². The van der Waals surface area contributed by atoms with Gasteiger partial charge in [-0.25, -0.2) is 4.98 Å². The number of aromatic nitrogens is 1. The Kier molecular flexibility index (Phi) is 3.21. The third-order valence-corrected chi connectivity index (χ3v) is 5.87. The molecule has 0 bridgehead atoms. The summed E-state index contributed by atoms with van der Waals surface area (Å²) >= 11 is 7.81. The van der Waals surface area contributed by atoms with Crippen LogP contribution in [0.2, 0.25) is 5.02 Å². The van der Waals surface area contributed by atoms with E-state index in [1.54, 1.807) is 23.5 Å². The molecule has 2 heterocycles. The number of benzene rings is 1. The Bertz CT molecular complexity index is 671. The summed E-state index contributed by atoms with van der Waals surface area (Å²) in [6, 6.07) is 5.04. The second kappa shape index (κ2) is 4.97. The van der Waals surface area contributed by atoms with Crippen molar-refractivity contribution in [3.8, 4) is 16.3 Å². The maximum atomic E-state index is 9.43. The molecular weight excluding hydrogens is 306 g/mol. The molecule has 1 spiro atoms. The third-order valence-electron chi connectivity index (χ3n) is 4.67. The van der Waals surface area contributed by atoms with Crippen molar-refractivity contribution in [1.82, 2.24) is 4.98 Å². The van der Waals surface area contributed by atoms with Gasteiger partial charge in [-0.3, -0.25) is 0 Å². The van der Waals surface area contributed by atoms with Crippen molar-refractivity contribution in [3.63, 3.8) is 0 Å². The Hall–Kier alpha value is -1.10. The van der Waals surface area contributed by atoms with E-state index in [0.29, 0.717) is 16.4 Å². The number of thiazole rings is 1. The molecule has 4 rings (SSSR count). The topological polar surface area (TPSA) is 42.4 Å². The molecule has 2 aromatic rings. The van der Waals surface area contributed by atoms with E-state index < -0.39 is 0 Å². The zero-order valence-electron chi connectivity index (χ0n) is 11.5. The quantitative estimate of drug-likeness (QED) is 0.888. The van der Waals surface area contributed by atoms with Gasteiger partial charge in [0.2, 0.25) is 0 Å². The summed E-state index contributed by atoms with van der Waals surface area (Å²) in [5.41, 5.74) is 2.51. The normalized spacial score (nSPS) is 28.0. The predicted molar refractivity (Wildman–Crippen MR) is 84.1 cm³/mol. The van der Waals surface area contributed by atoms with Crippen LogP contribution in [0.3, 0.4) is 0 Å². The van der Waals surface area contributed by atoms with Crippen LogP contribution in [0.5, 0.6) is 5.75 Å². The minimum atomic E-state index is 0.183. The predicted octanol–water partition coefficient (Wildman–Crippen LogP) is 4.45. The summed E-state index contributed by atoms with van der Waals surface area (Å²) in [5, 5.41) is 13.1. The molecule has 21 heavy (non-hydrogen) atoms. The maximum Gasteiger partial charge on any atom is 0.125 e. The van der Waals surface area contributed by atoms with Crippen molar-refractivity contribution in [1.29, 1.82) is 0 Å². The van der Waals surface area contributed by atoms with Gasteiger partial charge in [-0.2, -0.15) is 0 Å². The third kappa shape index (κ3) is 2.35. The van der Waals surface area contributed by atoms with Crippen LogP contribution in [-0.2, 0) is 4.74 Å². The SMILES string of the molecule is Oc1ccc(-c2nc(C3CC4(CCOC4)C3)cs2)c(Cl)c1. The lowest BCUT2D eigenvalue weighted by molar-refractivity contribution is 0.0707. The lowest BCUT2D eigenvalue weighted by Crippen LogP contribution is -2.36. The van der Waals surface area contributed by atoms with E-state index in [-0.39, 0.29) is 5.75 Å². The molecule has 1 aliphatic carbocycles. The summed E-state index contributed by atoms with van der Waals surface area (Å²) in [6.07, 6.45) is 3.59. The number of ether oxygens (including phenoxy) is 1. The summed E-state index contributed by atoms with van der Waals surface area (Å²) in [5.74, 6) is 0.746. The van der Waals surface area contributed by atoms with Crippen molar-refractivity contribution in [2.24, 2.45) is 5.41 Å². The number of aromatic hydroxyl groups is 1. The molecule has 1 saturated carbocycles. The van der Waals surface area contributed by atoms with Gasteiger partial charge in [0.15, 0.2) is 0 Å². The number of phenolic OH excluding ortho intramolecular Hbond substituents is 1. The minimum Gasteiger partial charge on any atom is -0.508 e. The van der Waals surface area contributed by atoms with Crippen LogP contribution in [0.1, 0.15) is 30.9 Å². The molecule has 0 atom stereocenters. The summed E-state index contributed by atoms with van der Waals surface area (Å²) in [6.45, 7) is 1.84. The first-order valence-electron chi connectivity index (χ1n) is 7.17. The lowest BCUT2D eigenvalue weighted by atomic mass is 9.61. The Balaban J connectivity index is 1.54. The Morgan fingerprint density at radius 1 is 1.38 bits per heavy atom. The lowest BCUT2D eigenvalue weighted by Gasteiger charge is -2.43. The van der Waals surface area contributed by atoms with Gasteiger partial charge in [0.25, 0.3) is 0 Å². The minimum absolute atomic E-state index is 0.183. The van der Waals surface area contributed by atoms with Crippen molar-refractivity contribution < 1.29 is 9.84 Å². The zero-order chi connectivity index (χ0) is 14.4. The first-order chi connectivity index (χ1) is 10.2. The van der Waals surface area contributed by atoms with E-state index in [9.17, 15) is 5.11 Å². The standard InChI is InChI=1S/C16H16ClNO2S/c17-13-5-11(19)1-2-12(13)15-18-14(8-21-15)10-6-16(7-10)3-4-20-9-16/h1-2,5,8,10,19H,3-4,6-7,9H2. The Morgan fingerprint density at radius 2 is 2.24 bits per heavy atom. The molecule has 1 saturated heterocycles. The highest BCUT2D eigenvalue weighted by Crippen LogP contribution is 2.55. The fraction of sp³-hybridized carbons (Fsp3) is 0.438. The Labute approximate surface area is 132 Å². The first kappa shape index (κ1) is 13.6. The molecule has 2 aliphatic rings. The molecule has 0 radical (unpaired) electrons. The fourth-order valence-electron chi connectivity index (χ4n) is 3.44. The van der Waals surface area contributed by atoms with E-state index in [1.165, 1.54) is 25.0 Å². The average Bonchev–Trinajstić information content (AvgIpc) is 3.05. The number of nitrogens with zero attached hydrogens (tertiary/aromatic N) is 1. The highest BCUT2D eigenvalue weighted by molar-refractivity contribution is 7.13. The van der Waals surface area contributed by atoms with Crippen LogP contribution in [0.4, 0.5) is 0 Å². The summed E-state index contributed by atoms with van der Waals surface area (Å²) < 4.78 is 5.53. The van der Waals surface area contributed by atoms with E-state index in [2.05, 4.69) is 5.38 Å². The molecule has 1 aromatic heterocycles. The Morgan fingerprint density at radius 3 is 2.95 bits per heavy atom. The average molecular weight is 322 g/mol. The van der Waals surface area contributed by atoms with Crippen LogP contribution in [0.25, 0.3) is 10.6 Å². The molecule has 0 unspecified atom stereocenters. The molecule has 110 valence electrons.